The SMILES string of the molecule is C=CCC(C=C)(COC(=O)C(C)(C)C)COC(=O)C(C)(C)C. The summed E-state index contributed by atoms with van der Waals surface area (Å²) < 4.78 is 10.8. The van der Waals surface area contributed by atoms with Crippen LogP contribution in [0.3, 0.4) is 0 Å². The van der Waals surface area contributed by atoms with Crippen LogP contribution in [0.25, 0.3) is 0 Å². The number of rotatable bonds is 7. The van der Waals surface area contributed by atoms with Crippen molar-refractivity contribution in [2.24, 2.45) is 16.2 Å². The fourth-order valence-electron chi connectivity index (χ4n) is 1.50. The lowest BCUT2D eigenvalue weighted by molar-refractivity contribution is -0.161. The van der Waals surface area contributed by atoms with Crippen molar-refractivity contribution >= 4 is 11.9 Å². The van der Waals surface area contributed by atoms with E-state index in [1.165, 1.54) is 0 Å². The van der Waals surface area contributed by atoms with Gasteiger partial charge in [0.1, 0.15) is 13.2 Å². The first kappa shape index (κ1) is 20.4. The molecule has 0 bridgehead atoms. The van der Waals surface area contributed by atoms with Crippen molar-refractivity contribution in [3.8, 4) is 0 Å². The lowest BCUT2D eigenvalue weighted by atomic mass is 9.86. The van der Waals surface area contributed by atoms with Crippen LogP contribution < -0.4 is 0 Å². The first-order valence-electron chi connectivity index (χ1n) is 7.47. The van der Waals surface area contributed by atoms with Crippen LogP contribution in [0, 0.1) is 16.2 Å². The maximum absolute atomic E-state index is 11.9. The monoisotopic (exact) mass is 310 g/mol. The number of carbonyl (C=O) groups excluding carboxylic acids is 2. The Morgan fingerprint density at radius 3 is 1.45 bits per heavy atom. The van der Waals surface area contributed by atoms with Crippen molar-refractivity contribution in [2.75, 3.05) is 13.2 Å². The van der Waals surface area contributed by atoms with E-state index in [-0.39, 0.29) is 25.2 Å². The molecule has 0 aromatic carbocycles. The topological polar surface area (TPSA) is 52.6 Å². The quantitative estimate of drug-likeness (QED) is 0.528. The second-order valence-corrected chi connectivity index (χ2v) is 7.71. The molecule has 0 fully saturated rings. The van der Waals surface area contributed by atoms with E-state index in [4.69, 9.17) is 9.47 Å². The normalized spacial score (nSPS) is 12.5. The van der Waals surface area contributed by atoms with E-state index < -0.39 is 16.2 Å². The Bertz CT molecular complexity index is 391. The highest BCUT2D eigenvalue weighted by molar-refractivity contribution is 5.76. The number of hydrogen-bond acceptors (Lipinski definition) is 4. The van der Waals surface area contributed by atoms with Crippen LogP contribution in [0.5, 0.6) is 0 Å². The molecule has 0 unspecified atom stereocenters. The fraction of sp³-hybridized carbons (Fsp3) is 0.667. The third-order valence-electron chi connectivity index (χ3n) is 3.19. The summed E-state index contributed by atoms with van der Waals surface area (Å²) in [5.74, 6) is -0.602. The minimum Gasteiger partial charge on any atom is -0.464 e. The van der Waals surface area contributed by atoms with Crippen LogP contribution in [-0.2, 0) is 19.1 Å². The number of carbonyl (C=O) groups is 2. The highest BCUT2D eigenvalue weighted by Crippen LogP contribution is 2.28. The molecule has 0 aliphatic rings. The van der Waals surface area contributed by atoms with Crippen molar-refractivity contribution < 1.29 is 19.1 Å². The van der Waals surface area contributed by atoms with E-state index in [0.717, 1.165) is 0 Å². The lowest BCUT2D eigenvalue weighted by Gasteiger charge is -2.31. The van der Waals surface area contributed by atoms with Gasteiger partial charge in [-0.05, 0) is 48.0 Å². The smallest absolute Gasteiger partial charge is 0.311 e. The summed E-state index contributed by atoms with van der Waals surface area (Å²) in [5.41, 5.74) is -1.81. The molecule has 22 heavy (non-hydrogen) atoms. The molecular weight excluding hydrogens is 280 g/mol. The van der Waals surface area contributed by atoms with Crippen LogP contribution in [0.15, 0.2) is 25.3 Å². The van der Waals surface area contributed by atoms with E-state index in [2.05, 4.69) is 13.2 Å². The van der Waals surface area contributed by atoms with Gasteiger partial charge in [0.25, 0.3) is 0 Å². The number of allylic oxidation sites excluding steroid dienone is 1. The van der Waals surface area contributed by atoms with Crippen LogP contribution in [0.1, 0.15) is 48.0 Å². The Morgan fingerprint density at radius 1 is 0.864 bits per heavy atom. The van der Waals surface area contributed by atoms with Gasteiger partial charge in [-0.3, -0.25) is 9.59 Å². The van der Waals surface area contributed by atoms with Gasteiger partial charge in [-0.1, -0.05) is 12.2 Å². The first-order valence-corrected chi connectivity index (χ1v) is 7.47. The molecule has 0 radical (unpaired) electrons. The Morgan fingerprint density at radius 2 is 1.23 bits per heavy atom. The van der Waals surface area contributed by atoms with Gasteiger partial charge in [-0.25, -0.2) is 0 Å². The van der Waals surface area contributed by atoms with Gasteiger partial charge >= 0.3 is 11.9 Å². The van der Waals surface area contributed by atoms with E-state index in [1.807, 2.05) is 0 Å². The predicted molar refractivity (Wildman–Crippen MR) is 88.3 cm³/mol. The minimum absolute atomic E-state index is 0.107. The van der Waals surface area contributed by atoms with Crippen molar-refractivity contribution in [3.05, 3.63) is 25.3 Å². The molecule has 0 heterocycles. The summed E-state index contributed by atoms with van der Waals surface area (Å²) in [5, 5.41) is 0. The molecule has 0 atom stereocenters. The maximum atomic E-state index is 11.9. The van der Waals surface area contributed by atoms with Crippen molar-refractivity contribution in [2.45, 2.75) is 48.0 Å². The zero-order valence-electron chi connectivity index (χ0n) is 14.8. The average molecular weight is 310 g/mol. The molecule has 0 aliphatic heterocycles. The molecule has 0 aromatic heterocycles. The number of hydrogen-bond donors (Lipinski definition) is 0. The molecule has 0 rings (SSSR count). The first-order chi connectivity index (χ1) is 9.88. The molecule has 0 amide bonds. The minimum atomic E-state index is -0.649. The van der Waals surface area contributed by atoms with Gasteiger partial charge < -0.3 is 9.47 Å². The molecule has 0 aliphatic carbocycles. The Kier molecular flexibility index (Phi) is 7.07. The van der Waals surface area contributed by atoms with Crippen LogP contribution in [-0.4, -0.2) is 25.2 Å². The molecule has 126 valence electrons. The Balaban J connectivity index is 4.94. The molecule has 0 N–H and O–H groups in total. The van der Waals surface area contributed by atoms with E-state index in [9.17, 15) is 9.59 Å². The zero-order chi connectivity index (χ0) is 17.6. The Hall–Kier alpha value is -1.58. The fourth-order valence-corrected chi connectivity index (χ4v) is 1.50. The summed E-state index contributed by atoms with van der Waals surface area (Å²) in [6.07, 6.45) is 3.88. The van der Waals surface area contributed by atoms with Crippen molar-refractivity contribution in [3.63, 3.8) is 0 Å². The van der Waals surface area contributed by atoms with Gasteiger partial charge in [0.15, 0.2) is 0 Å². The van der Waals surface area contributed by atoms with Gasteiger partial charge in [0.2, 0.25) is 0 Å². The number of ether oxygens (including phenoxy) is 2. The van der Waals surface area contributed by atoms with Gasteiger partial charge in [-0.15, -0.1) is 13.2 Å². The molecule has 0 aromatic rings. The second kappa shape index (κ2) is 7.61. The van der Waals surface area contributed by atoms with E-state index in [1.54, 1.807) is 53.7 Å². The molecule has 0 spiro atoms. The third-order valence-corrected chi connectivity index (χ3v) is 3.19. The standard InChI is InChI=1S/C18H30O4/c1-9-11-18(10-2,12-21-14(19)16(3,4)5)13-22-15(20)17(6,7)8/h9-10H,1-2,11-13H2,3-8H3. The van der Waals surface area contributed by atoms with Crippen molar-refractivity contribution in [1.82, 2.24) is 0 Å². The predicted octanol–water partition coefficient (Wildman–Crippen LogP) is 3.91. The molecule has 0 saturated carbocycles. The molecule has 4 heteroatoms. The number of esters is 2. The summed E-state index contributed by atoms with van der Waals surface area (Å²) in [7, 11) is 0. The summed E-state index contributed by atoms with van der Waals surface area (Å²) in [4.78, 5) is 23.9. The molecule has 0 saturated heterocycles. The average Bonchev–Trinajstić information content (AvgIpc) is 2.39. The van der Waals surface area contributed by atoms with Crippen molar-refractivity contribution in [1.29, 1.82) is 0 Å². The summed E-state index contributed by atoms with van der Waals surface area (Å²) in [6, 6.07) is 0. The van der Waals surface area contributed by atoms with Crippen LogP contribution in [0.4, 0.5) is 0 Å². The highest BCUT2D eigenvalue weighted by atomic mass is 16.5. The zero-order valence-corrected chi connectivity index (χ0v) is 14.8. The van der Waals surface area contributed by atoms with Crippen LogP contribution >= 0.6 is 0 Å². The van der Waals surface area contributed by atoms with E-state index in [0.29, 0.717) is 6.42 Å². The van der Waals surface area contributed by atoms with Crippen LogP contribution in [0.2, 0.25) is 0 Å². The third kappa shape index (κ3) is 6.46. The van der Waals surface area contributed by atoms with Gasteiger partial charge in [0, 0.05) is 0 Å². The van der Waals surface area contributed by atoms with E-state index >= 15 is 0 Å². The Labute approximate surface area is 134 Å². The van der Waals surface area contributed by atoms with Gasteiger partial charge in [0.05, 0.1) is 16.2 Å². The lowest BCUT2D eigenvalue weighted by Crippen LogP contribution is -2.36. The van der Waals surface area contributed by atoms with Gasteiger partial charge in [-0.2, -0.15) is 0 Å². The second-order valence-electron chi connectivity index (χ2n) is 7.71. The maximum Gasteiger partial charge on any atom is 0.311 e. The molecule has 4 nitrogen and oxygen atoms in total. The molecular formula is C18H30O4. The largest absolute Gasteiger partial charge is 0.464 e. The summed E-state index contributed by atoms with van der Waals surface area (Å²) >= 11 is 0. The highest BCUT2D eigenvalue weighted by Gasteiger charge is 2.33. The summed E-state index contributed by atoms with van der Waals surface area (Å²) in [6.45, 7) is 18.5.